The Morgan fingerprint density at radius 1 is 1.04 bits per heavy atom. The number of rotatable bonds is 5. The van der Waals surface area contributed by atoms with Crippen LogP contribution < -0.4 is 16.0 Å². The first kappa shape index (κ1) is 18.8. The Morgan fingerprint density at radius 2 is 1.74 bits per heavy atom. The van der Waals surface area contributed by atoms with Crippen LogP contribution in [0.1, 0.15) is 16.1 Å². The van der Waals surface area contributed by atoms with Crippen LogP contribution in [0.4, 0.5) is 20.0 Å². The second-order valence-electron chi connectivity index (χ2n) is 5.43. The highest BCUT2D eigenvalue weighted by Crippen LogP contribution is 2.17. The van der Waals surface area contributed by atoms with Crippen molar-refractivity contribution in [1.82, 2.24) is 10.3 Å². The molecule has 0 saturated carbocycles. The van der Waals surface area contributed by atoms with E-state index in [1.807, 2.05) is 12.1 Å². The number of nitrogens with one attached hydrogen (secondary N) is 3. The zero-order chi connectivity index (χ0) is 19.2. The molecular weight excluding hydrogens is 391 g/mol. The van der Waals surface area contributed by atoms with Crippen LogP contribution >= 0.6 is 22.9 Å². The fourth-order valence-electron chi connectivity index (χ4n) is 2.10. The van der Waals surface area contributed by atoms with Crippen molar-refractivity contribution in [1.29, 1.82) is 0 Å². The van der Waals surface area contributed by atoms with E-state index in [0.717, 1.165) is 16.9 Å². The van der Waals surface area contributed by atoms with Gasteiger partial charge in [0.1, 0.15) is 11.5 Å². The minimum absolute atomic E-state index is 0.200. The summed E-state index contributed by atoms with van der Waals surface area (Å²) in [5.41, 5.74) is 1.54. The number of urea groups is 1. The van der Waals surface area contributed by atoms with Crippen LogP contribution in [0, 0.1) is 5.82 Å². The largest absolute Gasteiger partial charge is 0.347 e. The first-order chi connectivity index (χ1) is 13.0. The summed E-state index contributed by atoms with van der Waals surface area (Å²) in [7, 11) is 0. The normalized spacial score (nSPS) is 10.3. The van der Waals surface area contributed by atoms with Gasteiger partial charge in [0.05, 0.1) is 0 Å². The van der Waals surface area contributed by atoms with Gasteiger partial charge in [-0.3, -0.25) is 10.1 Å². The topological polar surface area (TPSA) is 83.1 Å². The number of aromatic nitrogens is 1. The Labute approximate surface area is 163 Å². The molecule has 9 heteroatoms. The second-order valence-corrected chi connectivity index (χ2v) is 6.73. The molecule has 0 unspecified atom stereocenters. The number of halogens is 2. The van der Waals surface area contributed by atoms with Gasteiger partial charge in [-0.1, -0.05) is 23.7 Å². The van der Waals surface area contributed by atoms with Gasteiger partial charge in [-0.05, 0) is 42.0 Å². The first-order valence-electron chi connectivity index (χ1n) is 7.81. The zero-order valence-corrected chi connectivity index (χ0v) is 15.4. The SMILES string of the molecule is O=C(Nc1ccc(F)cc1)Nc1nc(C(=O)NCc2ccc(Cl)cc2)cs1. The van der Waals surface area contributed by atoms with E-state index < -0.39 is 11.8 Å². The molecule has 3 amide bonds. The Morgan fingerprint density at radius 3 is 2.44 bits per heavy atom. The van der Waals surface area contributed by atoms with Crippen molar-refractivity contribution in [2.24, 2.45) is 0 Å². The standard InChI is InChI=1S/C18H14ClFN4O2S/c19-12-3-1-11(2-4-12)9-21-16(25)15-10-27-18(23-15)24-17(26)22-14-7-5-13(20)6-8-14/h1-8,10H,9H2,(H,21,25)(H2,22,23,24,26). The summed E-state index contributed by atoms with van der Waals surface area (Å²) < 4.78 is 12.9. The number of thiazole rings is 1. The number of hydrogen-bond acceptors (Lipinski definition) is 4. The molecule has 0 aliphatic heterocycles. The lowest BCUT2D eigenvalue weighted by Gasteiger charge is -2.05. The van der Waals surface area contributed by atoms with Crippen LogP contribution in [0.2, 0.25) is 5.02 Å². The maximum Gasteiger partial charge on any atom is 0.325 e. The lowest BCUT2D eigenvalue weighted by molar-refractivity contribution is 0.0946. The highest BCUT2D eigenvalue weighted by molar-refractivity contribution is 7.14. The summed E-state index contributed by atoms with van der Waals surface area (Å²) in [5, 5.41) is 10.3. The third-order valence-electron chi connectivity index (χ3n) is 3.43. The summed E-state index contributed by atoms with van der Waals surface area (Å²) in [6, 6.07) is 11.9. The molecule has 3 aromatic rings. The molecular formula is C18H14ClFN4O2S. The van der Waals surface area contributed by atoms with Crippen molar-refractivity contribution in [3.8, 4) is 0 Å². The van der Waals surface area contributed by atoms with Gasteiger partial charge in [0.15, 0.2) is 5.13 Å². The fourth-order valence-corrected chi connectivity index (χ4v) is 2.91. The van der Waals surface area contributed by atoms with E-state index >= 15 is 0 Å². The molecule has 1 heterocycles. The molecule has 27 heavy (non-hydrogen) atoms. The molecule has 1 aromatic heterocycles. The molecule has 0 saturated heterocycles. The molecule has 2 aromatic carbocycles. The van der Waals surface area contributed by atoms with Crippen molar-refractivity contribution in [2.45, 2.75) is 6.54 Å². The van der Waals surface area contributed by atoms with Crippen LogP contribution in [-0.2, 0) is 6.54 Å². The van der Waals surface area contributed by atoms with Crippen LogP contribution in [0.3, 0.4) is 0 Å². The van der Waals surface area contributed by atoms with Gasteiger partial charge in [0.25, 0.3) is 5.91 Å². The average molecular weight is 405 g/mol. The number of nitrogens with zero attached hydrogens (tertiary/aromatic N) is 1. The quantitative estimate of drug-likeness (QED) is 0.585. The number of benzene rings is 2. The minimum Gasteiger partial charge on any atom is -0.347 e. The number of amides is 3. The van der Waals surface area contributed by atoms with Crippen molar-refractivity contribution >= 4 is 45.7 Å². The number of hydrogen-bond donors (Lipinski definition) is 3. The maximum absolute atomic E-state index is 12.9. The van der Waals surface area contributed by atoms with E-state index in [1.54, 1.807) is 17.5 Å². The van der Waals surface area contributed by atoms with Gasteiger partial charge < -0.3 is 10.6 Å². The molecule has 0 aliphatic carbocycles. The second kappa shape index (κ2) is 8.61. The summed E-state index contributed by atoms with van der Waals surface area (Å²) in [6.07, 6.45) is 0. The third-order valence-corrected chi connectivity index (χ3v) is 4.44. The number of anilines is 2. The van der Waals surface area contributed by atoms with Crippen LogP contribution in [0.25, 0.3) is 0 Å². The average Bonchev–Trinajstić information content (AvgIpc) is 3.11. The van der Waals surface area contributed by atoms with Crippen LogP contribution in [-0.4, -0.2) is 16.9 Å². The van der Waals surface area contributed by atoms with Gasteiger partial charge in [-0.2, -0.15) is 0 Å². The molecule has 0 bridgehead atoms. The van der Waals surface area contributed by atoms with Crippen molar-refractivity contribution in [3.05, 3.63) is 76.0 Å². The van der Waals surface area contributed by atoms with Crippen molar-refractivity contribution in [3.63, 3.8) is 0 Å². The summed E-state index contributed by atoms with van der Waals surface area (Å²) in [4.78, 5) is 28.2. The van der Waals surface area contributed by atoms with E-state index in [1.165, 1.54) is 24.3 Å². The van der Waals surface area contributed by atoms with Gasteiger partial charge in [0.2, 0.25) is 0 Å². The smallest absolute Gasteiger partial charge is 0.325 e. The molecule has 0 aliphatic rings. The molecule has 0 radical (unpaired) electrons. The van der Waals surface area contributed by atoms with E-state index in [0.29, 0.717) is 17.3 Å². The minimum atomic E-state index is -0.538. The van der Waals surface area contributed by atoms with E-state index in [9.17, 15) is 14.0 Å². The van der Waals surface area contributed by atoms with Gasteiger partial charge in [-0.15, -0.1) is 11.3 Å². The summed E-state index contributed by atoms with van der Waals surface area (Å²) in [5.74, 6) is -0.747. The van der Waals surface area contributed by atoms with Gasteiger partial charge >= 0.3 is 6.03 Å². The van der Waals surface area contributed by atoms with Gasteiger partial charge in [-0.25, -0.2) is 14.2 Å². The Hall–Kier alpha value is -2.97. The Bertz CT molecular complexity index is 945. The molecule has 3 N–H and O–H groups in total. The summed E-state index contributed by atoms with van der Waals surface area (Å²) >= 11 is 6.94. The van der Waals surface area contributed by atoms with Crippen LogP contribution in [0.5, 0.6) is 0 Å². The van der Waals surface area contributed by atoms with Gasteiger partial charge in [0, 0.05) is 22.6 Å². The predicted molar refractivity (Wildman–Crippen MR) is 104 cm³/mol. The van der Waals surface area contributed by atoms with E-state index in [4.69, 9.17) is 11.6 Å². The fraction of sp³-hybridized carbons (Fsp3) is 0.0556. The monoisotopic (exact) mass is 404 g/mol. The highest BCUT2D eigenvalue weighted by Gasteiger charge is 2.12. The Kier molecular flexibility index (Phi) is 6.00. The number of carbonyl (C=O) groups excluding carboxylic acids is 2. The molecule has 138 valence electrons. The van der Waals surface area contributed by atoms with E-state index in [-0.39, 0.29) is 16.7 Å². The third kappa shape index (κ3) is 5.50. The molecule has 0 atom stereocenters. The Balaban J connectivity index is 1.52. The first-order valence-corrected chi connectivity index (χ1v) is 9.07. The lowest BCUT2D eigenvalue weighted by atomic mass is 10.2. The van der Waals surface area contributed by atoms with E-state index in [2.05, 4.69) is 20.9 Å². The predicted octanol–water partition coefficient (Wildman–Crippen LogP) is 4.51. The molecule has 6 nitrogen and oxygen atoms in total. The molecule has 0 fully saturated rings. The van der Waals surface area contributed by atoms with Crippen LogP contribution in [0.15, 0.2) is 53.9 Å². The highest BCUT2D eigenvalue weighted by atomic mass is 35.5. The summed E-state index contributed by atoms with van der Waals surface area (Å²) in [6.45, 7) is 0.335. The molecule has 3 rings (SSSR count). The number of carbonyl (C=O) groups is 2. The lowest BCUT2D eigenvalue weighted by Crippen LogP contribution is -2.23. The maximum atomic E-state index is 12.9. The zero-order valence-electron chi connectivity index (χ0n) is 13.8. The van der Waals surface area contributed by atoms with Crippen molar-refractivity contribution in [2.75, 3.05) is 10.6 Å². The van der Waals surface area contributed by atoms with Crippen molar-refractivity contribution < 1.29 is 14.0 Å². The molecule has 0 spiro atoms.